The highest BCUT2D eigenvalue weighted by Gasteiger charge is 2.49. The second-order valence-electron chi connectivity index (χ2n) is 5.77. The molecule has 0 saturated carbocycles. The molecule has 2 unspecified atom stereocenters. The van der Waals surface area contributed by atoms with Crippen LogP contribution in [0.2, 0.25) is 0 Å². The Bertz CT molecular complexity index is 631. The van der Waals surface area contributed by atoms with Crippen LogP contribution >= 0.6 is 0 Å². The number of urea groups is 1. The molecule has 2 saturated heterocycles. The zero-order chi connectivity index (χ0) is 16.4. The largest absolute Gasteiger partial charge is 0.334 e. The maximum absolute atomic E-state index is 12.2. The third kappa shape index (κ3) is 2.86. The van der Waals surface area contributed by atoms with Crippen LogP contribution in [0, 0.1) is 0 Å². The summed E-state index contributed by atoms with van der Waals surface area (Å²) in [5, 5.41) is 5.57. The van der Waals surface area contributed by atoms with Gasteiger partial charge in [-0.2, -0.15) is 0 Å². The SMILES string of the molecule is CN=C1NC2C(C(=O)NC(=O)N2C)N1CCCc1ccccc1. The highest BCUT2D eigenvalue weighted by Crippen LogP contribution is 2.21. The second-order valence-corrected chi connectivity index (χ2v) is 5.77. The fourth-order valence-corrected chi connectivity index (χ4v) is 3.12. The van der Waals surface area contributed by atoms with E-state index in [1.165, 1.54) is 10.5 Å². The number of carbonyl (C=O) groups excluding carboxylic acids is 2. The summed E-state index contributed by atoms with van der Waals surface area (Å²) in [5.41, 5.74) is 1.27. The smallest absolute Gasteiger partial charge is 0.325 e. The minimum Gasteiger partial charge on any atom is -0.334 e. The number of aliphatic imine (C=N–C) groups is 1. The fourth-order valence-electron chi connectivity index (χ4n) is 3.12. The number of guanidine groups is 1. The van der Waals surface area contributed by atoms with Crippen molar-refractivity contribution in [2.45, 2.75) is 25.0 Å². The number of amides is 3. The first-order valence-electron chi connectivity index (χ1n) is 7.73. The van der Waals surface area contributed by atoms with E-state index in [-0.39, 0.29) is 18.1 Å². The Morgan fingerprint density at radius 3 is 2.65 bits per heavy atom. The van der Waals surface area contributed by atoms with Crippen molar-refractivity contribution >= 4 is 17.9 Å². The molecule has 2 N–H and O–H groups in total. The molecule has 2 atom stereocenters. The average Bonchev–Trinajstić information content (AvgIpc) is 2.93. The third-order valence-electron chi connectivity index (χ3n) is 4.34. The summed E-state index contributed by atoms with van der Waals surface area (Å²) in [5.74, 6) is 0.383. The van der Waals surface area contributed by atoms with Crippen molar-refractivity contribution in [3.8, 4) is 0 Å². The Hall–Kier alpha value is -2.57. The zero-order valence-electron chi connectivity index (χ0n) is 13.3. The van der Waals surface area contributed by atoms with Crippen LogP contribution < -0.4 is 10.6 Å². The molecular formula is C16H21N5O2. The van der Waals surface area contributed by atoms with Crippen LogP contribution in [0.15, 0.2) is 35.3 Å². The predicted molar refractivity (Wildman–Crippen MR) is 86.8 cm³/mol. The predicted octanol–water partition coefficient (Wildman–Crippen LogP) is 0.387. The molecule has 3 amide bonds. The fraction of sp³-hybridized carbons (Fsp3) is 0.438. The Kier molecular flexibility index (Phi) is 4.18. The molecule has 0 aromatic heterocycles. The van der Waals surface area contributed by atoms with E-state index in [1.807, 2.05) is 23.1 Å². The molecule has 3 rings (SSSR count). The van der Waals surface area contributed by atoms with Gasteiger partial charge in [-0.1, -0.05) is 30.3 Å². The minimum atomic E-state index is -0.438. The van der Waals surface area contributed by atoms with Crippen LogP contribution in [0.3, 0.4) is 0 Å². The molecule has 0 aliphatic carbocycles. The van der Waals surface area contributed by atoms with Crippen molar-refractivity contribution in [1.29, 1.82) is 0 Å². The van der Waals surface area contributed by atoms with Gasteiger partial charge in [0.05, 0.1) is 0 Å². The van der Waals surface area contributed by atoms with Crippen LogP contribution in [-0.2, 0) is 11.2 Å². The van der Waals surface area contributed by atoms with E-state index in [9.17, 15) is 9.59 Å². The molecule has 0 radical (unpaired) electrons. The zero-order valence-corrected chi connectivity index (χ0v) is 13.3. The Morgan fingerprint density at radius 1 is 1.22 bits per heavy atom. The standard InChI is InChI=1S/C16H21N5O2/c1-17-15-18-13-12(14(22)19-16(23)20(13)2)21(15)10-6-9-11-7-4-3-5-8-11/h3-5,7-8,12-13H,6,9-10H2,1-2H3,(H,17,18)(H,19,22,23). The van der Waals surface area contributed by atoms with Crippen LogP contribution in [0.25, 0.3) is 0 Å². The maximum atomic E-state index is 12.2. The van der Waals surface area contributed by atoms with Crippen LogP contribution in [0.4, 0.5) is 4.79 Å². The van der Waals surface area contributed by atoms with Crippen molar-refractivity contribution in [3.63, 3.8) is 0 Å². The van der Waals surface area contributed by atoms with Crippen molar-refractivity contribution < 1.29 is 9.59 Å². The Balaban J connectivity index is 1.70. The number of imide groups is 1. The van der Waals surface area contributed by atoms with E-state index in [1.54, 1.807) is 14.1 Å². The van der Waals surface area contributed by atoms with E-state index in [2.05, 4.69) is 27.8 Å². The van der Waals surface area contributed by atoms with E-state index >= 15 is 0 Å². The van der Waals surface area contributed by atoms with Crippen molar-refractivity contribution in [1.82, 2.24) is 20.4 Å². The van der Waals surface area contributed by atoms with Gasteiger partial charge in [-0.3, -0.25) is 15.1 Å². The first-order chi connectivity index (χ1) is 11.1. The number of aryl methyl sites for hydroxylation is 1. The quantitative estimate of drug-likeness (QED) is 0.842. The van der Waals surface area contributed by atoms with E-state index in [0.29, 0.717) is 12.5 Å². The average molecular weight is 315 g/mol. The van der Waals surface area contributed by atoms with Gasteiger partial charge in [-0.15, -0.1) is 0 Å². The number of hydrogen-bond acceptors (Lipinski definition) is 3. The molecule has 2 heterocycles. The van der Waals surface area contributed by atoms with Crippen molar-refractivity contribution in [3.05, 3.63) is 35.9 Å². The van der Waals surface area contributed by atoms with Gasteiger partial charge in [-0.25, -0.2) is 4.79 Å². The molecule has 2 fully saturated rings. The summed E-state index contributed by atoms with van der Waals surface area (Å²) < 4.78 is 0. The molecule has 23 heavy (non-hydrogen) atoms. The monoisotopic (exact) mass is 315 g/mol. The summed E-state index contributed by atoms with van der Waals surface area (Å²) in [6.07, 6.45) is 1.47. The van der Waals surface area contributed by atoms with Crippen LogP contribution in [-0.4, -0.2) is 60.5 Å². The first-order valence-corrected chi connectivity index (χ1v) is 7.73. The molecule has 2 aliphatic heterocycles. The van der Waals surface area contributed by atoms with Crippen molar-refractivity contribution in [2.75, 3.05) is 20.6 Å². The molecule has 0 spiro atoms. The lowest BCUT2D eigenvalue weighted by Gasteiger charge is -2.35. The normalized spacial score (nSPS) is 25.4. The number of nitrogens with one attached hydrogen (secondary N) is 2. The summed E-state index contributed by atoms with van der Waals surface area (Å²) in [7, 11) is 3.36. The van der Waals surface area contributed by atoms with Crippen molar-refractivity contribution in [2.24, 2.45) is 4.99 Å². The number of nitrogens with zero attached hydrogens (tertiary/aromatic N) is 3. The molecule has 1 aromatic rings. The van der Waals surface area contributed by atoms with Gasteiger partial charge in [-0.05, 0) is 18.4 Å². The summed E-state index contributed by atoms with van der Waals surface area (Å²) in [6.45, 7) is 0.700. The van der Waals surface area contributed by atoms with Gasteiger partial charge in [0.2, 0.25) is 0 Å². The van der Waals surface area contributed by atoms with E-state index in [0.717, 1.165) is 12.8 Å². The third-order valence-corrected chi connectivity index (χ3v) is 4.34. The number of rotatable bonds is 4. The van der Waals surface area contributed by atoms with E-state index in [4.69, 9.17) is 0 Å². The van der Waals surface area contributed by atoms with Gasteiger partial charge in [0.1, 0.15) is 6.17 Å². The van der Waals surface area contributed by atoms with Gasteiger partial charge >= 0.3 is 6.03 Å². The summed E-state index contributed by atoms with van der Waals surface area (Å²) in [6, 6.07) is 9.42. The van der Waals surface area contributed by atoms with Crippen LogP contribution in [0.1, 0.15) is 12.0 Å². The summed E-state index contributed by atoms with van der Waals surface area (Å²) in [4.78, 5) is 31.7. The number of likely N-dealkylation sites (N-methyl/N-ethyl adjacent to an activating group) is 1. The number of benzene rings is 1. The summed E-state index contributed by atoms with van der Waals surface area (Å²) >= 11 is 0. The topological polar surface area (TPSA) is 77.0 Å². The van der Waals surface area contributed by atoms with Gasteiger partial charge in [0, 0.05) is 20.6 Å². The molecule has 7 nitrogen and oxygen atoms in total. The second kappa shape index (κ2) is 6.28. The molecule has 0 bridgehead atoms. The lowest BCUT2D eigenvalue weighted by Crippen LogP contribution is -2.64. The lowest BCUT2D eigenvalue weighted by atomic mass is 10.1. The van der Waals surface area contributed by atoms with Gasteiger partial charge < -0.3 is 15.1 Å². The highest BCUT2D eigenvalue weighted by molar-refractivity contribution is 6.04. The Labute approximate surface area is 135 Å². The minimum absolute atomic E-state index is 0.274. The molecule has 122 valence electrons. The molecule has 1 aromatic carbocycles. The highest BCUT2D eigenvalue weighted by atomic mass is 16.2. The number of fused-ring (bicyclic) bond motifs is 1. The lowest BCUT2D eigenvalue weighted by molar-refractivity contribution is -0.127. The number of carbonyl (C=O) groups is 2. The Morgan fingerprint density at radius 2 is 1.96 bits per heavy atom. The van der Waals surface area contributed by atoms with Gasteiger partial charge in [0.15, 0.2) is 12.0 Å². The molecular weight excluding hydrogens is 294 g/mol. The van der Waals surface area contributed by atoms with Gasteiger partial charge in [0.25, 0.3) is 5.91 Å². The molecule has 7 heteroatoms. The first kappa shape index (κ1) is 15.3. The van der Waals surface area contributed by atoms with E-state index < -0.39 is 6.04 Å². The van der Waals surface area contributed by atoms with Crippen LogP contribution in [0.5, 0.6) is 0 Å². The number of hydrogen-bond donors (Lipinski definition) is 2. The molecule has 2 aliphatic rings. The maximum Gasteiger partial charge on any atom is 0.325 e.